The van der Waals surface area contributed by atoms with Gasteiger partial charge >= 0.3 is 0 Å². The number of carbonyl (C=O) groups is 1. The van der Waals surface area contributed by atoms with Crippen LogP contribution >= 0.6 is 0 Å². The van der Waals surface area contributed by atoms with Gasteiger partial charge in [0.25, 0.3) is 11.7 Å². The van der Waals surface area contributed by atoms with Crippen LogP contribution in [0.3, 0.4) is 0 Å². The maximum absolute atomic E-state index is 12.5. The number of benzene rings is 1. The lowest BCUT2D eigenvalue weighted by Crippen LogP contribution is -2.14. The first-order valence-corrected chi connectivity index (χ1v) is 7.48. The van der Waals surface area contributed by atoms with E-state index in [1.807, 2.05) is 44.2 Å². The van der Waals surface area contributed by atoms with E-state index in [0.29, 0.717) is 11.5 Å². The number of aromatic nitrogens is 5. The van der Waals surface area contributed by atoms with Crippen molar-refractivity contribution in [2.24, 2.45) is 0 Å². The minimum absolute atomic E-state index is 0.0733. The average Bonchev–Trinajstić information content (AvgIpc) is 3.00. The summed E-state index contributed by atoms with van der Waals surface area (Å²) in [5.41, 5.74) is 3.05. The van der Waals surface area contributed by atoms with Gasteiger partial charge in [0.2, 0.25) is 5.82 Å². The lowest BCUT2D eigenvalue weighted by molar-refractivity contribution is 0.101. The van der Waals surface area contributed by atoms with Gasteiger partial charge in [-0.15, -0.1) is 5.10 Å². The Bertz CT molecular complexity index is 1080. The molecule has 0 atom stereocenters. The summed E-state index contributed by atoms with van der Waals surface area (Å²) in [6, 6.07) is 11.3. The maximum Gasteiger partial charge on any atom is 0.295 e. The number of para-hydroxylation sites is 1. The van der Waals surface area contributed by atoms with Crippen molar-refractivity contribution in [2.45, 2.75) is 13.8 Å². The zero-order chi connectivity index (χ0) is 16.7. The maximum atomic E-state index is 12.5. The number of aryl methyl sites for hydroxylation is 2. The molecule has 118 valence electrons. The van der Waals surface area contributed by atoms with Crippen molar-refractivity contribution in [1.29, 1.82) is 0 Å². The molecule has 4 aromatic rings. The van der Waals surface area contributed by atoms with Crippen LogP contribution in [0.5, 0.6) is 0 Å². The van der Waals surface area contributed by atoms with Gasteiger partial charge in [-0.2, -0.15) is 4.98 Å². The summed E-state index contributed by atoms with van der Waals surface area (Å²) >= 11 is 0. The second kappa shape index (κ2) is 5.38. The molecule has 0 unspecified atom stereocenters. The lowest BCUT2D eigenvalue weighted by atomic mass is 10.2. The number of amides is 1. The summed E-state index contributed by atoms with van der Waals surface area (Å²) in [7, 11) is 0. The third kappa shape index (κ3) is 2.36. The van der Waals surface area contributed by atoms with E-state index in [1.54, 1.807) is 16.8 Å². The van der Waals surface area contributed by atoms with E-state index in [-0.39, 0.29) is 5.82 Å². The van der Waals surface area contributed by atoms with Crippen molar-refractivity contribution >= 4 is 28.3 Å². The number of fused-ring (bicyclic) bond motifs is 2. The lowest BCUT2D eigenvalue weighted by Gasteiger charge is -2.05. The van der Waals surface area contributed by atoms with Gasteiger partial charge in [0, 0.05) is 23.0 Å². The molecule has 0 aliphatic carbocycles. The summed E-state index contributed by atoms with van der Waals surface area (Å²) < 4.78 is 1.56. The number of hydrogen-bond acceptors (Lipinski definition) is 5. The van der Waals surface area contributed by atoms with Crippen molar-refractivity contribution in [2.75, 3.05) is 5.32 Å². The Balaban J connectivity index is 1.72. The summed E-state index contributed by atoms with van der Waals surface area (Å²) in [5.74, 6) is 0.0912. The zero-order valence-corrected chi connectivity index (χ0v) is 13.2. The quantitative estimate of drug-likeness (QED) is 0.614. The molecule has 0 aliphatic rings. The summed E-state index contributed by atoms with van der Waals surface area (Å²) in [5, 5.41) is 8.02. The Hall–Kier alpha value is -3.35. The summed E-state index contributed by atoms with van der Waals surface area (Å²) in [4.78, 5) is 25.4. The fraction of sp³-hybridized carbons (Fsp3) is 0.118. The van der Waals surface area contributed by atoms with Gasteiger partial charge in [0.05, 0.1) is 11.2 Å². The van der Waals surface area contributed by atoms with Crippen molar-refractivity contribution in [3.63, 3.8) is 0 Å². The third-order valence-corrected chi connectivity index (χ3v) is 3.70. The van der Waals surface area contributed by atoms with E-state index in [9.17, 15) is 4.79 Å². The minimum atomic E-state index is -0.393. The van der Waals surface area contributed by atoms with E-state index in [0.717, 1.165) is 22.3 Å². The van der Waals surface area contributed by atoms with Gasteiger partial charge in [0.15, 0.2) is 0 Å². The molecule has 1 amide bonds. The molecule has 24 heavy (non-hydrogen) atoms. The van der Waals surface area contributed by atoms with E-state index in [4.69, 9.17) is 0 Å². The van der Waals surface area contributed by atoms with Crippen LogP contribution in [0.4, 0.5) is 5.69 Å². The molecule has 1 aromatic carbocycles. The van der Waals surface area contributed by atoms with E-state index >= 15 is 0 Å². The monoisotopic (exact) mass is 318 g/mol. The zero-order valence-electron chi connectivity index (χ0n) is 13.2. The molecule has 3 aromatic heterocycles. The molecule has 4 rings (SSSR count). The molecule has 7 nitrogen and oxygen atoms in total. The van der Waals surface area contributed by atoms with Crippen molar-refractivity contribution in [1.82, 2.24) is 24.6 Å². The molecule has 0 aliphatic heterocycles. The molecular weight excluding hydrogens is 304 g/mol. The Morgan fingerprint density at radius 1 is 1.12 bits per heavy atom. The van der Waals surface area contributed by atoms with E-state index in [1.165, 1.54) is 0 Å². The number of carbonyl (C=O) groups excluding carboxylic acids is 1. The van der Waals surface area contributed by atoms with Crippen molar-refractivity contribution in [3.8, 4) is 0 Å². The van der Waals surface area contributed by atoms with Gasteiger partial charge in [-0.3, -0.25) is 9.78 Å². The highest BCUT2D eigenvalue weighted by Crippen LogP contribution is 2.21. The Morgan fingerprint density at radius 2 is 1.96 bits per heavy atom. The predicted octanol–water partition coefficient (Wildman–Crippen LogP) is 2.54. The fourth-order valence-electron chi connectivity index (χ4n) is 2.65. The first kappa shape index (κ1) is 14.3. The Labute approximate surface area is 137 Å². The second-order valence-corrected chi connectivity index (χ2v) is 5.52. The molecule has 1 N–H and O–H groups in total. The molecule has 0 bridgehead atoms. The number of rotatable bonds is 2. The van der Waals surface area contributed by atoms with Gasteiger partial charge in [-0.25, -0.2) is 9.50 Å². The van der Waals surface area contributed by atoms with Crippen molar-refractivity contribution < 1.29 is 4.79 Å². The molecular formula is C17H14N6O. The summed E-state index contributed by atoms with van der Waals surface area (Å²) in [6.45, 7) is 3.77. The molecule has 0 fully saturated rings. The first-order chi connectivity index (χ1) is 11.6. The Kier molecular flexibility index (Phi) is 3.19. The van der Waals surface area contributed by atoms with Gasteiger partial charge in [0.1, 0.15) is 0 Å². The van der Waals surface area contributed by atoms with Crippen LogP contribution in [0.1, 0.15) is 22.0 Å². The van der Waals surface area contributed by atoms with Crippen LogP contribution in [0.15, 0.2) is 42.6 Å². The number of nitrogens with one attached hydrogen (secondary N) is 1. The van der Waals surface area contributed by atoms with E-state index < -0.39 is 5.91 Å². The van der Waals surface area contributed by atoms with Crippen LogP contribution < -0.4 is 5.32 Å². The third-order valence-electron chi connectivity index (χ3n) is 3.70. The standard InChI is InChI=1S/C17H14N6O/c1-10-9-11(2)23-17(19-10)21-15(22-23)16(24)20-13-7-3-5-12-6-4-8-18-14(12)13/h3-9H,1-2H3,(H,20,24). The molecule has 0 saturated carbocycles. The second-order valence-electron chi connectivity index (χ2n) is 5.52. The van der Waals surface area contributed by atoms with E-state index in [2.05, 4.69) is 25.4 Å². The fourth-order valence-corrected chi connectivity index (χ4v) is 2.65. The van der Waals surface area contributed by atoms with Crippen LogP contribution in [-0.4, -0.2) is 30.5 Å². The number of anilines is 1. The SMILES string of the molecule is Cc1cc(C)n2nc(C(=O)Nc3cccc4cccnc34)nc2n1. The number of pyridine rings is 1. The number of hydrogen-bond donors (Lipinski definition) is 1. The van der Waals surface area contributed by atoms with Crippen LogP contribution in [0, 0.1) is 13.8 Å². The number of nitrogens with zero attached hydrogens (tertiary/aromatic N) is 5. The first-order valence-electron chi connectivity index (χ1n) is 7.48. The van der Waals surface area contributed by atoms with Crippen LogP contribution in [0.25, 0.3) is 16.7 Å². The van der Waals surface area contributed by atoms with Crippen LogP contribution in [-0.2, 0) is 0 Å². The summed E-state index contributed by atoms with van der Waals surface area (Å²) in [6.07, 6.45) is 1.69. The smallest absolute Gasteiger partial charge is 0.295 e. The topological polar surface area (TPSA) is 85.1 Å². The molecule has 7 heteroatoms. The molecule has 0 saturated heterocycles. The van der Waals surface area contributed by atoms with Crippen LogP contribution in [0.2, 0.25) is 0 Å². The average molecular weight is 318 g/mol. The van der Waals surface area contributed by atoms with Gasteiger partial charge in [-0.1, -0.05) is 18.2 Å². The largest absolute Gasteiger partial charge is 0.317 e. The highest BCUT2D eigenvalue weighted by Gasteiger charge is 2.16. The highest BCUT2D eigenvalue weighted by molar-refractivity contribution is 6.06. The highest BCUT2D eigenvalue weighted by atomic mass is 16.2. The predicted molar refractivity (Wildman–Crippen MR) is 90.0 cm³/mol. The normalized spacial score (nSPS) is 11.1. The molecule has 0 radical (unpaired) electrons. The molecule has 0 spiro atoms. The van der Waals surface area contributed by atoms with Crippen molar-refractivity contribution in [3.05, 3.63) is 59.8 Å². The Morgan fingerprint density at radius 3 is 2.83 bits per heavy atom. The van der Waals surface area contributed by atoms with Gasteiger partial charge < -0.3 is 5.32 Å². The molecule has 3 heterocycles. The minimum Gasteiger partial charge on any atom is -0.317 e. The van der Waals surface area contributed by atoms with Gasteiger partial charge in [-0.05, 0) is 32.0 Å².